The number of hydrogen-bond acceptors (Lipinski definition) is 2. The summed E-state index contributed by atoms with van der Waals surface area (Å²) in [7, 11) is 0. The van der Waals surface area contributed by atoms with Crippen LogP contribution in [0.3, 0.4) is 0 Å². The molecule has 1 heterocycles. The van der Waals surface area contributed by atoms with E-state index in [0.717, 1.165) is 21.3 Å². The van der Waals surface area contributed by atoms with Gasteiger partial charge >= 0.3 is 0 Å². The van der Waals surface area contributed by atoms with E-state index in [9.17, 15) is 9.59 Å². The Labute approximate surface area is 150 Å². The molecule has 124 valence electrons. The second-order valence-corrected chi connectivity index (χ2v) is 6.98. The van der Waals surface area contributed by atoms with Gasteiger partial charge in [0.2, 0.25) is 5.91 Å². The Morgan fingerprint density at radius 3 is 2.50 bits per heavy atom. The van der Waals surface area contributed by atoms with E-state index in [1.807, 2.05) is 38.1 Å². The first-order valence-corrected chi connectivity index (χ1v) is 8.70. The van der Waals surface area contributed by atoms with Crippen LogP contribution in [-0.4, -0.2) is 24.4 Å². The molecule has 0 saturated carbocycles. The van der Waals surface area contributed by atoms with Crippen molar-refractivity contribution in [3.8, 4) is 0 Å². The average Bonchev–Trinajstić information content (AvgIpc) is 2.87. The van der Waals surface area contributed by atoms with E-state index in [1.54, 1.807) is 17.0 Å². The zero-order valence-corrected chi connectivity index (χ0v) is 15.3. The van der Waals surface area contributed by atoms with Crippen LogP contribution in [0.4, 0.5) is 5.69 Å². The van der Waals surface area contributed by atoms with Crippen molar-refractivity contribution in [1.82, 2.24) is 5.32 Å². The summed E-state index contributed by atoms with van der Waals surface area (Å²) in [4.78, 5) is 26.8. The van der Waals surface area contributed by atoms with Gasteiger partial charge in [-0.05, 0) is 71.6 Å². The molecule has 24 heavy (non-hydrogen) atoms. The first-order valence-electron chi connectivity index (χ1n) is 7.91. The molecule has 1 aliphatic rings. The number of nitrogens with one attached hydrogen (secondary N) is 1. The molecule has 0 aliphatic carbocycles. The van der Waals surface area contributed by atoms with E-state index < -0.39 is 6.04 Å². The fourth-order valence-corrected chi connectivity index (χ4v) is 3.52. The van der Waals surface area contributed by atoms with Crippen molar-refractivity contribution in [1.29, 1.82) is 0 Å². The van der Waals surface area contributed by atoms with E-state index in [4.69, 9.17) is 0 Å². The Bertz CT molecular complexity index is 783. The third-order valence-electron chi connectivity index (χ3n) is 4.15. The molecule has 0 spiro atoms. The highest BCUT2D eigenvalue weighted by molar-refractivity contribution is 9.10. The van der Waals surface area contributed by atoms with Gasteiger partial charge in [0.15, 0.2) is 0 Å². The monoisotopic (exact) mass is 386 g/mol. The lowest BCUT2D eigenvalue weighted by atomic mass is 10.1. The quantitative estimate of drug-likeness (QED) is 0.875. The minimum atomic E-state index is -0.481. The lowest BCUT2D eigenvalue weighted by molar-refractivity contribution is -0.118. The van der Waals surface area contributed by atoms with Gasteiger partial charge in [-0.3, -0.25) is 9.59 Å². The summed E-state index contributed by atoms with van der Waals surface area (Å²) in [6.45, 7) is 4.65. The number of rotatable bonds is 3. The van der Waals surface area contributed by atoms with Crippen molar-refractivity contribution >= 4 is 33.4 Å². The summed E-state index contributed by atoms with van der Waals surface area (Å²) in [6.07, 6.45) is 0.613. The van der Waals surface area contributed by atoms with Crippen molar-refractivity contribution in [2.75, 3.05) is 11.4 Å². The topological polar surface area (TPSA) is 49.4 Å². The second kappa shape index (κ2) is 6.77. The normalized spacial score (nSPS) is 17.2. The van der Waals surface area contributed by atoms with E-state index in [2.05, 4.69) is 27.3 Å². The van der Waals surface area contributed by atoms with Gasteiger partial charge in [-0.2, -0.15) is 0 Å². The Kier molecular flexibility index (Phi) is 4.71. The van der Waals surface area contributed by atoms with Crippen LogP contribution < -0.4 is 10.2 Å². The van der Waals surface area contributed by atoms with E-state index in [1.165, 1.54) is 0 Å². The Morgan fingerprint density at radius 1 is 1.17 bits per heavy atom. The number of nitrogens with zero attached hydrogens (tertiary/aromatic N) is 1. The van der Waals surface area contributed by atoms with Gasteiger partial charge in [0.05, 0.1) is 5.56 Å². The molecule has 1 atom stereocenters. The van der Waals surface area contributed by atoms with Crippen LogP contribution >= 0.6 is 15.9 Å². The number of carbonyl (C=O) groups excluding carboxylic acids is 2. The van der Waals surface area contributed by atoms with Crippen LogP contribution in [0.5, 0.6) is 0 Å². The molecule has 0 radical (unpaired) electrons. The molecule has 0 bridgehead atoms. The molecule has 5 heteroatoms. The van der Waals surface area contributed by atoms with E-state index >= 15 is 0 Å². The summed E-state index contributed by atoms with van der Waals surface area (Å²) in [6, 6.07) is 12.8. The third-order valence-corrected chi connectivity index (χ3v) is 4.84. The highest BCUT2D eigenvalue weighted by atomic mass is 79.9. The molecule has 4 nitrogen and oxygen atoms in total. The van der Waals surface area contributed by atoms with Crippen LogP contribution in [-0.2, 0) is 4.79 Å². The molecular weight excluding hydrogens is 368 g/mol. The van der Waals surface area contributed by atoms with Gasteiger partial charge in [0, 0.05) is 16.7 Å². The number of aryl methyl sites for hydroxylation is 2. The standard InChI is InChI=1S/C19H19BrN2O2/c1-12-9-13(2)11-14(10-12)22-8-7-17(19(22)24)21-18(23)15-5-3-4-6-16(15)20/h3-6,9-11,17H,7-8H2,1-2H3,(H,21,23)/t17-/m0/s1. The summed E-state index contributed by atoms with van der Waals surface area (Å²) in [5.41, 5.74) is 3.68. The zero-order chi connectivity index (χ0) is 17.3. The number of hydrogen-bond donors (Lipinski definition) is 1. The molecule has 1 saturated heterocycles. The Balaban J connectivity index is 1.75. The molecule has 1 N–H and O–H groups in total. The van der Waals surface area contributed by atoms with Crippen molar-refractivity contribution < 1.29 is 9.59 Å². The highest BCUT2D eigenvalue weighted by Gasteiger charge is 2.34. The highest BCUT2D eigenvalue weighted by Crippen LogP contribution is 2.24. The van der Waals surface area contributed by atoms with Crippen molar-refractivity contribution in [2.24, 2.45) is 0 Å². The van der Waals surface area contributed by atoms with E-state index in [0.29, 0.717) is 18.5 Å². The number of amides is 2. The van der Waals surface area contributed by atoms with Crippen LogP contribution in [0.2, 0.25) is 0 Å². The molecule has 3 rings (SSSR count). The number of halogens is 1. The summed E-state index contributed by atoms with van der Waals surface area (Å²) >= 11 is 3.37. The fourth-order valence-electron chi connectivity index (χ4n) is 3.06. The van der Waals surface area contributed by atoms with Crippen LogP contribution in [0, 0.1) is 13.8 Å². The van der Waals surface area contributed by atoms with Crippen LogP contribution in [0.1, 0.15) is 27.9 Å². The Hall–Kier alpha value is -2.14. The molecule has 0 aromatic heterocycles. The van der Waals surface area contributed by atoms with Gasteiger partial charge in [-0.15, -0.1) is 0 Å². The van der Waals surface area contributed by atoms with Gasteiger partial charge < -0.3 is 10.2 Å². The fraction of sp³-hybridized carbons (Fsp3) is 0.263. The molecule has 1 aliphatic heterocycles. The van der Waals surface area contributed by atoms with Crippen LogP contribution in [0.15, 0.2) is 46.9 Å². The average molecular weight is 387 g/mol. The molecule has 2 aromatic carbocycles. The minimum absolute atomic E-state index is 0.0552. The summed E-state index contributed by atoms with van der Waals surface area (Å²) in [5.74, 6) is -0.288. The summed E-state index contributed by atoms with van der Waals surface area (Å²) in [5, 5.41) is 2.85. The third kappa shape index (κ3) is 3.36. The molecule has 2 amide bonds. The lowest BCUT2D eigenvalue weighted by Gasteiger charge is -2.18. The molecule has 1 fully saturated rings. The molecular formula is C19H19BrN2O2. The Morgan fingerprint density at radius 2 is 1.83 bits per heavy atom. The maximum Gasteiger partial charge on any atom is 0.253 e. The predicted molar refractivity (Wildman–Crippen MR) is 98.3 cm³/mol. The smallest absolute Gasteiger partial charge is 0.253 e. The minimum Gasteiger partial charge on any atom is -0.340 e. The van der Waals surface area contributed by atoms with Crippen LogP contribution in [0.25, 0.3) is 0 Å². The van der Waals surface area contributed by atoms with Crippen molar-refractivity contribution in [3.05, 3.63) is 63.6 Å². The molecule has 2 aromatic rings. The number of carbonyl (C=O) groups is 2. The number of anilines is 1. The predicted octanol–water partition coefficient (Wildman–Crippen LogP) is 3.60. The second-order valence-electron chi connectivity index (χ2n) is 6.13. The van der Waals surface area contributed by atoms with Gasteiger partial charge in [0.25, 0.3) is 5.91 Å². The summed E-state index contributed by atoms with van der Waals surface area (Å²) < 4.78 is 0.721. The van der Waals surface area contributed by atoms with Gasteiger partial charge in [-0.1, -0.05) is 18.2 Å². The van der Waals surface area contributed by atoms with Crippen molar-refractivity contribution in [3.63, 3.8) is 0 Å². The van der Waals surface area contributed by atoms with Gasteiger partial charge in [-0.25, -0.2) is 0 Å². The number of benzene rings is 2. The first kappa shape index (κ1) is 16.7. The van der Waals surface area contributed by atoms with Crippen molar-refractivity contribution in [2.45, 2.75) is 26.3 Å². The lowest BCUT2D eigenvalue weighted by Crippen LogP contribution is -2.41. The maximum atomic E-state index is 12.7. The SMILES string of the molecule is Cc1cc(C)cc(N2CC[C@H](NC(=O)c3ccccc3Br)C2=O)c1. The van der Waals surface area contributed by atoms with E-state index in [-0.39, 0.29) is 11.8 Å². The first-order chi connectivity index (χ1) is 11.5. The largest absolute Gasteiger partial charge is 0.340 e. The molecule has 0 unspecified atom stereocenters. The maximum absolute atomic E-state index is 12.7. The zero-order valence-electron chi connectivity index (χ0n) is 13.7. The van der Waals surface area contributed by atoms with Gasteiger partial charge in [0.1, 0.15) is 6.04 Å².